The molecule has 0 amide bonds. The Morgan fingerprint density at radius 3 is 1.43 bits per heavy atom. The molecule has 0 aliphatic heterocycles. The average Bonchev–Trinajstić information content (AvgIpc) is 2.93. The van der Waals surface area contributed by atoms with Gasteiger partial charge in [0.1, 0.15) is 0 Å². The summed E-state index contributed by atoms with van der Waals surface area (Å²) in [6.07, 6.45) is 0.893. The maximum atomic E-state index is 6.40. The summed E-state index contributed by atoms with van der Waals surface area (Å²) in [4.78, 5) is 0. The van der Waals surface area contributed by atoms with Crippen LogP contribution in [0, 0.1) is 0 Å². The van der Waals surface area contributed by atoms with Crippen LogP contribution in [0.5, 0.6) is 5.75 Å². The van der Waals surface area contributed by atoms with Gasteiger partial charge in [0.25, 0.3) is 0 Å². The minimum absolute atomic E-state index is 0.438. The van der Waals surface area contributed by atoms with Crippen LogP contribution >= 0.6 is 18.9 Å². The number of hydrogen-bond donors (Lipinski definition) is 0. The van der Waals surface area contributed by atoms with E-state index in [0.29, 0.717) is 6.61 Å². The standard InChI is InChI=1S/C32H28ClOP/c33-31-22-12-10-14-26(31)24-34-32-23-13-11-15-27(32)25-35(28-16-4-1-5-17-28,29-18-6-2-7-19-29)30-20-8-3-9-21-30/h1-23,35H,24-25H2. The van der Waals surface area contributed by atoms with E-state index in [1.54, 1.807) is 0 Å². The summed E-state index contributed by atoms with van der Waals surface area (Å²) in [5.41, 5.74) is 2.20. The number of para-hydroxylation sites is 1. The Bertz CT molecular complexity index is 1270. The van der Waals surface area contributed by atoms with E-state index in [1.807, 2.05) is 30.3 Å². The normalized spacial score (nSPS) is 11.7. The van der Waals surface area contributed by atoms with E-state index in [-0.39, 0.29) is 0 Å². The van der Waals surface area contributed by atoms with Gasteiger partial charge in [0.05, 0.1) is 0 Å². The van der Waals surface area contributed by atoms with E-state index in [2.05, 4.69) is 109 Å². The van der Waals surface area contributed by atoms with Gasteiger partial charge >= 0.3 is 214 Å². The molecular formula is C32H28ClOP. The summed E-state index contributed by atoms with van der Waals surface area (Å²) >= 11 is 6.40. The quantitative estimate of drug-likeness (QED) is 0.208. The van der Waals surface area contributed by atoms with Crippen molar-refractivity contribution in [3.8, 4) is 5.75 Å². The fourth-order valence-electron chi connectivity index (χ4n) is 4.82. The van der Waals surface area contributed by atoms with Crippen LogP contribution in [-0.2, 0) is 12.8 Å². The first-order chi connectivity index (χ1) is 17.3. The van der Waals surface area contributed by atoms with Crippen molar-refractivity contribution in [2.24, 2.45) is 0 Å². The zero-order chi connectivity index (χ0) is 23.9. The second-order valence-electron chi connectivity index (χ2n) is 8.67. The predicted molar refractivity (Wildman–Crippen MR) is 152 cm³/mol. The third kappa shape index (κ3) is 5.03. The van der Waals surface area contributed by atoms with Crippen molar-refractivity contribution in [2.75, 3.05) is 0 Å². The van der Waals surface area contributed by atoms with Crippen molar-refractivity contribution in [3.05, 3.63) is 156 Å². The van der Waals surface area contributed by atoms with E-state index in [4.69, 9.17) is 16.3 Å². The van der Waals surface area contributed by atoms with Crippen molar-refractivity contribution >= 4 is 34.8 Å². The van der Waals surface area contributed by atoms with Crippen LogP contribution in [0.3, 0.4) is 0 Å². The second kappa shape index (κ2) is 10.9. The summed E-state index contributed by atoms with van der Waals surface area (Å²) in [6, 6.07) is 49.3. The van der Waals surface area contributed by atoms with Gasteiger partial charge in [-0.25, -0.2) is 0 Å². The zero-order valence-electron chi connectivity index (χ0n) is 19.5. The second-order valence-corrected chi connectivity index (χ2v) is 13.0. The van der Waals surface area contributed by atoms with E-state index >= 15 is 0 Å². The van der Waals surface area contributed by atoms with Gasteiger partial charge in [-0.2, -0.15) is 0 Å². The Balaban J connectivity index is 1.62. The fourth-order valence-corrected chi connectivity index (χ4v) is 9.77. The maximum absolute atomic E-state index is 6.40. The first kappa shape index (κ1) is 23.4. The summed E-state index contributed by atoms with van der Waals surface area (Å²) in [6.45, 7) is 0.438. The van der Waals surface area contributed by atoms with Gasteiger partial charge in [-0.15, -0.1) is 0 Å². The van der Waals surface area contributed by atoms with E-state index in [0.717, 1.165) is 22.5 Å². The third-order valence-electron chi connectivity index (χ3n) is 6.57. The molecule has 35 heavy (non-hydrogen) atoms. The van der Waals surface area contributed by atoms with Crippen LogP contribution in [0.15, 0.2) is 140 Å². The third-order valence-corrected chi connectivity index (χ3v) is 11.8. The summed E-state index contributed by atoms with van der Waals surface area (Å²) in [5, 5.41) is 4.89. The van der Waals surface area contributed by atoms with E-state index in [9.17, 15) is 0 Å². The molecule has 0 heterocycles. The number of benzene rings is 5. The molecule has 0 unspecified atom stereocenters. The van der Waals surface area contributed by atoms with Crippen molar-refractivity contribution in [3.63, 3.8) is 0 Å². The molecule has 0 saturated heterocycles. The Hall–Kier alpha value is -3.38. The molecule has 0 aliphatic rings. The molecule has 3 heteroatoms. The fraction of sp³-hybridized carbons (Fsp3) is 0.0625. The molecule has 0 bridgehead atoms. The van der Waals surface area contributed by atoms with Crippen molar-refractivity contribution in [1.29, 1.82) is 0 Å². The van der Waals surface area contributed by atoms with Crippen LogP contribution in [0.4, 0.5) is 0 Å². The number of rotatable bonds is 8. The molecule has 0 atom stereocenters. The first-order valence-electron chi connectivity index (χ1n) is 11.9. The Morgan fingerprint density at radius 1 is 0.486 bits per heavy atom. The molecular weight excluding hydrogens is 467 g/mol. The summed E-state index contributed by atoms with van der Waals surface area (Å²) < 4.78 is 6.40. The molecule has 0 radical (unpaired) electrons. The van der Waals surface area contributed by atoms with Crippen LogP contribution in [-0.4, -0.2) is 0 Å². The number of ether oxygens (including phenoxy) is 1. The van der Waals surface area contributed by atoms with Gasteiger partial charge in [-0.3, -0.25) is 0 Å². The predicted octanol–water partition coefficient (Wildman–Crippen LogP) is 7.15. The number of halogens is 1. The van der Waals surface area contributed by atoms with E-state index in [1.165, 1.54) is 21.5 Å². The summed E-state index contributed by atoms with van der Waals surface area (Å²) in [5.74, 6) is 0.909. The minimum atomic E-state index is -2.42. The average molecular weight is 495 g/mol. The van der Waals surface area contributed by atoms with Crippen molar-refractivity contribution in [1.82, 2.24) is 0 Å². The van der Waals surface area contributed by atoms with E-state index < -0.39 is 7.26 Å². The molecule has 0 saturated carbocycles. The van der Waals surface area contributed by atoms with Gasteiger partial charge in [0.2, 0.25) is 0 Å². The van der Waals surface area contributed by atoms with Crippen LogP contribution < -0.4 is 20.7 Å². The molecule has 5 aromatic carbocycles. The molecule has 0 N–H and O–H groups in total. The van der Waals surface area contributed by atoms with Gasteiger partial charge < -0.3 is 0 Å². The molecule has 1 nitrogen and oxygen atoms in total. The van der Waals surface area contributed by atoms with Crippen molar-refractivity contribution in [2.45, 2.75) is 12.8 Å². The van der Waals surface area contributed by atoms with Gasteiger partial charge in [-0.05, 0) is 0 Å². The molecule has 174 valence electrons. The van der Waals surface area contributed by atoms with Gasteiger partial charge in [0.15, 0.2) is 0 Å². The molecule has 0 aromatic heterocycles. The van der Waals surface area contributed by atoms with Crippen molar-refractivity contribution < 1.29 is 4.74 Å². The Kier molecular flexibility index (Phi) is 7.28. The molecule has 0 aliphatic carbocycles. The topological polar surface area (TPSA) is 9.23 Å². The molecule has 0 spiro atoms. The molecule has 5 rings (SSSR count). The van der Waals surface area contributed by atoms with Gasteiger partial charge in [-0.1, -0.05) is 0 Å². The van der Waals surface area contributed by atoms with Crippen LogP contribution in [0.2, 0.25) is 5.02 Å². The Morgan fingerprint density at radius 2 is 0.914 bits per heavy atom. The molecule has 0 fully saturated rings. The van der Waals surface area contributed by atoms with Gasteiger partial charge in [0, 0.05) is 0 Å². The SMILES string of the molecule is Clc1ccccc1COc1ccccc1C[PH](c1ccccc1)(c1ccccc1)c1ccccc1. The first-order valence-corrected chi connectivity index (χ1v) is 14.5. The Labute approximate surface area is 213 Å². The van der Waals surface area contributed by atoms with Crippen LogP contribution in [0.1, 0.15) is 11.1 Å². The zero-order valence-corrected chi connectivity index (χ0v) is 21.2. The summed E-state index contributed by atoms with van der Waals surface area (Å²) in [7, 11) is -2.42. The van der Waals surface area contributed by atoms with Crippen LogP contribution in [0.25, 0.3) is 0 Å². The number of hydrogen-bond acceptors (Lipinski definition) is 1. The monoisotopic (exact) mass is 494 g/mol. The molecule has 5 aromatic rings.